The van der Waals surface area contributed by atoms with Crippen LogP contribution in [0.15, 0.2) is 24.3 Å². The third-order valence-corrected chi connectivity index (χ3v) is 3.41. The fraction of sp³-hybridized carbons (Fsp3) is 0.300. The molecule has 0 saturated heterocycles. The van der Waals surface area contributed by atoms with Gasteiger partial charge in [0, 0.05) is 0 Å². The van der Waals surface area contributed by atoms with Crippen molar-refractivity contribution in [1.82, 2.24) is 4.72 Å². The minimum Gasteiger partial charge on any atom is -0.494 e. The van der Waals surface area contributed by atoms with Crippen molar-refractivity contribution in [2.75, 3.05) is 6.61 Å². The van der Waals surface area contributed by atoms with Crippen molar-refractivity contribution in [3.63, 3.8) is 0 Å². The summed E-state index contributed by atoms with van der Waals surface area (Å²) in [6.07, 6.45) is 0. The Bertz CT molecular complexity index is 536. The van der Waals surface area contributed by atoms with Gasteiger partial charge < -0.3 is 4.74 Å². The van der Waals surface area contributed by atoms with Crippen LogP contribution >= 0.6 is 0 Å². The van der Waals surface area contributed by atoms with Crippen LogP contribution in [0.4, 0.5) is 0 Å². The van der Waals surface area contributed by atoms with E-state index in [1.807, 2.05) is 6.92 Å². The number of ether oxygens (including phenoxy) is 1. The van der Waals surface area contributed by atoms with E-state index in [-0.39, 0.29) is 5.84 Å². The van der Waals surface area contributed by atoms with Gasteiger partial charge >= 0.3 is 10.2 Å². The molecule has 1 atom stereocenters. The molecule has 6 nitrogen and oxygen atoms in total. The number of rotatable bonds is 3. The second-order valence-electron chi connectivity index (χ2n) is 3.61. The van der Waals surface area contributed by atoms with E-state index in [1.54, 1.807) is 24.3 Å². The van der Waals surface area contributed by atoms with Crippen molar-refractivity contribution >= 4 is 16.0 Å². The zero-order valence-corrected chi connectivity index (χ0v) is 10.1. The zero-order valence-electron chi connectivity index (χ0n) is 9.30. The van der Waals surface area contributed by atoms with Gasteiger partial charge in [-0.3, -0.25) is 5.73 Å². The van der Waals surface area contributed by atoms with Crippen LogP contribution in [0.5, 0.6) is 5.75 Å². The van der Waals surface area contributed by atoms with E-state index in [1.165, 1.54) is 0 Å². The van der Waals surface area contributed by atoms with Crippen molar-refractivity contribution in [2.45, 2.75) is 13.0 Å². The number of nitrogens with one attached hydrogen (secondary N) is 2. The average Bonchev–Trinajstić information content (AvgIpc) is 2.54. The fourth-order valence-electron chi connectivity index (χ4n) is 1.63. The van der Waals surface area contributed by atoms with Gasteiger partial charge in [0.05, 0.1) is 6.61 Å². The first-order valence-electron chi connectivity index (χ1n) is 5.17. The molecule has 1 aliphatic rings. The van der Waals surface area contributed by atoms with Crippen LogP contribution < -0.4 is 19.6 Å². The lowest BCUT2D eigenvalue weighted by atomic mass is 10.1. The predicted molar refractivity (Wildman–Crippen MR) is 62.6 cm³/mol. The summed E-state index contributed by atoms with van der Waals surface area (Å²) >= 11 is 0. The van der Waals surface area contributed by atoms with Crippen LogP contribution in [0.25, 0.3) is 0 Å². The van der Waals surface area contributed by atoms with Crippen LogP contribution in [0, 0.1) is 0 Å². The smallest absolute Gasteiger partial charge is 0.371 e. The molecule has 0 aliphatic carbocycles. The van der Waals surface area contributed by atoms with E-state index in [0.717, 1.165) is 11.3 Å². The SMILES string of the molecule is CCOc1ccc([C@@H]2NS(=O)(=O)[NH+]=C2N)cc1. The van der Waals surface area contributed by atoms with Crippen LogP contribution in [-0.4, -0.2) is 20.9 Å². The van der Waals surface area contributed by atoms with Crippen LogP contribution in [0.3, 0.4) is 0 Å². The van der Waals surface area contributed by atoms with Gasteiger partial charge in [-0.15, -0.1) is 0 Å². The van der Waals surface area contributed by atoms with Gasteiger partial charge in [0.25, 0.3) is 5.84 Å². The van der Waals surface area contributed by atoms with Crippen LogP contribution in [0.1, 0.15) is 18.5 Å². The highest BCUT2D eigenvalue weighted by atomic mass is 32.2. The molecular formula is C10H14N3O3S+. The molecule has 1 aliphatic heterocycles. The minimum atomic E-state index is -3.51. The second-order valence-corrected chi connectivity index (χ2v) is 5.06. The Morgan fingerprint density at radius 2 is 2.06 bits per heavy atom. The summed E-state index contributed by atoms with van der Waals surface area (Å²) in [4.78, 5) is 0. The number of nitrogens with two attached hydrogens (primary N) is 1. The van der Waals surface area contributed by atoms with E-state index < -0.39 is 16.3 Å². The number of amidine groups is 1. The summed E-state index contributed by atoms with van der Waals surface area (Å²) in [6, 6.07) is 6.57. The van der Waals surface area contributed by atoms with E-state index in [0.29, 0.717) is 6.61 Å². The summed E-state index contributed by atoms with van der Waals surface area (Å²) in [7, 11) is -3.51. The fourth-order valence-corrected chi connectivity index (χ4v) is 2.69. The van der Waals surface area contributed by atoms with Crippen molar-refractivity contribution in [1.29, 1.82) is 0 Å². The maximum absolute atomic E-state index is 11.2. The molecule has 92 valence electrons. The molecule has 1 aromatic carbocycles. The monoisotopic (exact) mass is 256 g/mol. The summed E-state index contributed by atoms with van der Waals surface area (Å²) in [6.45, 7) is 2.49. The molecule has 0 spiro atoms. The quantitative estimate of drug-likeness (QED) is 0.608. The normalized spacial score (nSPS) is 22.2. The maximum Gasteiger partial charge on any atom is 0.371 e. The van der Waals surface area contributed by atoms with Crippen molar-refractivity contribution in [3.8, 4) is 5.75 Å². The molecule has 0 aromatic heterocycles. The Labute approximate surface area is 99.7 Å². The lowest BCUT2D eigenvalue weighted by Gasteiger charge is -2.08. The van der Waals surface area contributed by atoms with Gasteiger partial charge in [-0.2, -0.15) is 17.5 Å². The highest BCUT2D eigenvalue weighted by Crippen LogP contribution is 2.18. The van der Waals surface area contributed by atoms with E-state index in [2.05, 4.69) is 9.12 Å². The minimum absolute atomic E-state index is 0.175. The predicted octanol–water partition coefficient (Wildman–Crippen LogP) is -1.59. The van der Waals surface area contributed by atoms with Gasteiger partial charge in [-0.25, -0.2) is 0 Å². The number of hydrogen-bond donors (Lipinski definition) is 3. The summed E-state index contributed by atoms with van der Waals surface area (Å²) in [5.74, 6) is 0.915. The highest BCUT2D eigenvalue weighted by molar-refractivity contribution is 7.83. The molecule has 17 heavy (non-hydrogen) atoms. The molecule has 0 amide bonds. The first kappa shape index (κ1) is 11.9. The standard InChI is InChI=1S/C10H13N3O3S/c1-2-16-8-5-3-7(4-6-8)9-10(11)13-17(14,15)12-9/h3-6,9,12H,2H2,1H3,(H2,11,13)/p+1/t9-/m0/s1. The second kappa shape index (κ2) is 4.34. The zero-order chi connectivity index (χ0) is 12.5. The Morgan fingerprint density at radius 1 is 1.41 bits per heavy atom. The molecule has 4 N–H and O–H groups in total. The van der Waals surface area contributed by atoms with E-state index in [9.17, 15) is 8.42 Å². The van der Waals surface area contributed by atoms with Gasteiger partial charge in [0.2, 0.25) is 0 Å². The first-order valence-corrected chi connectivity index (χ1v) is 6.65. The van der Waals surface area contributed by atoms with Gasteiger partial charge in [0.15, 0.2) is 6.04 Å². The van der Waals surface area contributed by atoms with Crippen molar-refractivity contribution in [3.05, 3.63) is 29.8 Å². The Balaban J connectivity index is 2.22. The topological polar surface area (TPSA) is 95.4 Å². The molecular weight excluding hydrogens is 242 g/mol. The molecule has 7 heteroatoms. The molecule has 0 unspecified atom stereocenters. The summed E-state index contributed by atoms with van der Waals surface area (Å²) < 4.78 is 32.4. The molecule has 0 bridgehead atoms. The Morgan fingerprint density at radius 3 is 2.53 bits per heavy atom. The molecule has 0 radical (unpaired) electrons. The Hall–Kier alpha value is -1.60. The molecule has 1 heterocycles. The lowest BCUT2D eigenvalue weighted by Crippen LogP contribution is -2.76. The summed E-state index contributed by atoms with van der Waals surface area (Å²) in [5, 5.41) is 0. The van der Waals surface area contributed by atoms with Gasteiger partial charge in [-0.1, -0.05) is 12.1 Å². The molecule has 1 aromatic rings. The lowest BCUT2D eigenvalue weighted by molar-refractivity contribution is -0.265. The van der Waals surface area contributed by atoms with Crippen molar-refractivity contribution < 1.29 is 17.6 Å². The van der Waals surface area contributed by atoms with Crippen LogP contribution in [-0.2, 0) is 10.2 Å². The number of benzene rings is 1. The molecule has 0 saturated carbocycles. The average molecular weight is 256 g/mol. The van der Waals surface area contributed by atoms with Crippen LogP contribution in [0.2, 0.25) is 0 Å². The number of hydrogen-bond acceptors (Lipinski definition) is 4. The maximum atomic E-state index is 11.2. The van der Waals surface area contributed by atoms with Gasteiger partial charge in [0.1, 0.15) is 5.75 Å². The molecule has 2 rings (SSSR count). The van der Waals surface area contributed by atoms with Crippen molar-refractivity contribution in [2.24, 2.45) is 5.73 Å². The summed E-state index contributed by atoms with van der Waals surface area (Å²) in [5.41, 5.74) is 6.38. The van der Waals surface area contributed by atoms with Gasteiger partial charge in [-0.05, 0) is 24.6 Å². The Kier molecular flexibility index (Phi) is 3.03. The first-order chi connectivity index (χ1) is 8.02. The third kappa shape index (κ3) is 2.56. The van der Waals surface area contributed by atoms with E-state index >= 15 is 0 Å². The molecule has 0 fully saturated rings. The highest BCUT2D eigenvalue weighted by Gasteiger charge is 2.34. The van der Waals surface area contributed by atoms with E-state index in [4.69, 9.17) is 10.5 Å². The largest absolute Gasteiger partial charge is 0.494 e. The third-order valence-electron chi connectivity index (χ3n) is 2.36.